The molecule has 2 aliphatic carbocycles. The van der Waals surface area contributed by atoms with Gasteiger partial charge in [-0.05, 0) is 67.5 Å². The summed E-state index contributed by atoms with van der Waals surface area (Å²) in [7, 11) is 0. The Morgan fingerprint density at radius 2 is 2.10 bits per heavy atom. The third-order valence-electron chi connectivity index (χ3n) is 4.98. The highest BCUT2D eigenvalue weighted by molar-refractivity contribution is 6.31. The Labute approximate surface area is 125 Å². The molecule has 0 radical (unpaired) electrons. The van der Waals surface area contributed by atoms with Crippen LogP contribution in [0.2, 0.25) is 5.02 Å². The molecule has 1 aromatic carbocycles. The fourth-order valence-electron chi connectivity index (χ4n) is 3.98. The van der Waals surface area contributed by atoms with Crippen molar-refractivity contribution in [2.75, 3.05) is 13.1 Å². The molecule has 0 heterocycles. The number of hydrogen-bond acceptors (Lipinski definition) is 1. The molecule has 2 atom stereocenters. The maximum absolute atomic E-state index is 13.6. The van der Waals surface area contributed by atoms with Crippen molar-refractivity contribution in [1.82, 2.24) is 5.32 Å². The number of nitrogens with one attached hydrogen (secondary N) is 1. The maximum Gasteiger partial charge on any atom is 0.142 e. The van der Waals surface area contributed by atoms with Crippen LogP contribution in [0.5, 0.6) is 0 Å². The van der Waals surface area contributed by atoms with Crippen molar-refractivity contribution >= 4 is 11.6 Å². The minimum atomic E-state index is -0.288. The summed E-state index contributed by atoms with van der Waals surface area (Å²) in [6.45, 7) is 4.30. The van der Waals surface area contributed by atoms with Crippen molar-refractivity contribution in [1.29, 1.82) is 0 Å². The molecule has 2 unspecified atom stereocenters. The lowest BCUT2D eigenvalue weighted by molar-refractivity contribution is 0.249. The van der Waals surface area contributed by atoms with Gasteiger partial charge in [-0.3, -0.25) is 0 Å². The molecule has 20 heavy (non-hydrogen) atoms. The van der Waals surface area contributed by atoms with E-state index < -0.39 is 0 Å². The number of fused-ring (bicyclic) bond motifs is 1. The van der Waals surface area contributed by atoms with Crippen LogP contribution in [0.25, 0.3) is 0 Å². The summed E-state index contributed by atoms with van der Waals surface area (Å²) in [5, 5.41) is 3.90. The van der Waals surface area contributed by atoms with E-state index in [0.29, 0.717) is 10.4 Å². The van der Waals surface area contributed by atoms with Crippen molar-refractivity contribution in [3.05, 3.63) is 34.6 Å². The van der Waals surface area contributed by atoms with Crippen LogP contribution in [0.1, 0.15) is 38.2 Å². The highest BCUT2D eigenvalue weighted by Crippen LogP contribution is 2.60. The molecule has 0 saturated heterocycles. The van der Waals surface area contributed by atoms with Gasteiger partial charge in [-0.2, -0.15) is 0 Å². The fraction of sp³-hybridized carbons (Fsp3) is 0.647. The van der Waals surface area contributed by atoms with E-state index in [4.69, 9.17) is 11.6 Å². The Hall–Kier alpha value is -0.600. The summed E-state index contributed by atoms with van der Waals surface area (Å²) >= 11 is 6.15. The van der Waals surface area contributed by atoms with Gasteiger partial charge in [0, 0.05) is 6.54 Å². The quantitative estimate of drug-likeness (QED) is 0.765. The Kier molecular flexibility index (Phi) is 4.05. The van der Waals surface area contributed by atoms with Crippen LogP contribution in [0.4, 0.5) is 4.39 Å². The van der Waals surface area contributed by atoms with E-state index in [0.717, 1.165) is 43.3 Å². The van der Waals surface area contributed by atoms with E-state index in [1.54, 1.807) is 6.07 Å². The molecule has 0 aromatic heterocycles. The summed E-state index contributed by atoms with van der Waals surface area (Å²) < 4.78 is 13.6. The molecule has 110 valence electrons. The molecule has 3 heteroatoms. The van der Waals surface area contributed by atoms with Crippen LogP contribution in [0.15, 0.2) is 18.2 Å². The Balaban J connectivity index is 1.74. The van der Waals surface area contributed by atoms with Gasteiger partial charge < -0.3 is 5.32 Å². The second-order valence-corrected chi connectivity index (χ2v) is 7.11. The zero-order valence-electron chi connectivity index (χ0n) is 12.1. The van der Waals surface area contributed by atoms with Gasteiger partial charge in [0.05, 0.1) is 5.02 Å². The van der Waals surface area contributed by atoms with Crippen molar-refractivity contribution in [3.8, 4) is 0 Å². The fourth-order valence-corrected chi connectivity index (χ4v) is 4.17. The number of rotatable bonds is 6. The van der Waals surface area contributed by atoms with Gasteiger partial charge in [-0.15, -0.1) is 0 Å². The highest BCUT2D eigenvalue weighted by atomic mass is 35.5. The lowest BCUT2D eigenvalue weighted by atomic mass is 9.77. The van der Waals surface area contributed by atoms with Crippen LogP contribution in [0, 0.1) is 23.1 Å². The van der Waals surface area contributed by atoms with E-state index in [2.05, 4.69) is 12.2 Å². The first-order valence-corrected chi connectivity index (χ1v) is 8.15. The molecule has 0 aliphatic heterocycles. The minimum absolute atomic E-state index is 0.288. The molecule has 3 rings (SSSR count). The first-order chi connectivity index (χ1) is 9.63. The summed E-state index contributed by atoms with van der Waals surface area (Å²) in [5.74, 6) is 1.56. The lowest BCUT2D eigenvalue weighted by Crippen LogP contribution is -2.35. The molecule has 0 bridgehead atoms. The van der Waals surface area contributed by atoms with Gasteiger partial charge in [0.15, 0.2) is 0 Å². The van der Waals surface area contributed by atoms with Crippen LogP contribution >= 0.6 is 11.6 Å². The van der Waals surface area contributed by atoms with Crippen LogP contribution in [-0.2, 0) is 6.42 Å². The van der Waals surface area contributed by atoms with Gasteiger partial charge in [-0.25, -0.2) is 4.39 Å². The monoisotopic (exact) mass is 295 g/mol. The minimum Gasteiger partial charge on any atom is -0.316 e. The molecule has 1 nitrogen and oxygen atoms in total. The molecule has 2 aliphatic rings. The summed E-state index contributed by atoms with van der Waals surface area (Å²) in [6, 6.07) is 5.20. The third-order valence-corrected chi connectivity index (χ3v) is 5.41. The van der Waals surface area contributed by atoms with Gasteiger partial charge in [0.25, 0.3) is 0 Å². The normalized spacial score (nSPS) is 31.4. The topological polar surface area (TPSA) is 12.0 Å². The SMILES string of the molecule is CCCNCC1(Cc2cccc(F)c2Cl)CC2CC2C1. The number of hydrogen-bond donors (Lipinski definition) is 1. The third kappa shape index (κ3) is 2.87. The van der Waals surface area contributed by atoms with E-state index in [1.807, 2.05) is 6.07 Å². The van der Waals surface area contributed by atoms with Gasteiger partial charge in [0.1, 0.15) is 5.82 Å². The van der Waals surface area contributed by atoms with Gasteiger partial charge in [-0.1, -0.05) is 30.7 Å². The highest BCUT2D eigenvalue weighted by Gasteiger charge is 2.53. The molecule has 0 spiro atoms. The average molecular weight is 296 g/mol. The first kappa shape index (κ1) is 14.3. The van der Waals surface area contributed by atoms with E-state index >= 15 is 0 Å². The number of halogens is 2. The number of benzene rings is 1. The van der Waals surface area contributed by atoms with Crippen molar-refractivity contribution < 1.29 is 4.39 Å². The standard InChI is InChI=1S/C17H23ClFN/c1-2-6-20-11-17(9-13-7-14(13)10-17)8-12-4-3-5-15(19)16(12)18/h3-5,13-14,20H,2,6-11H2,1H3. The van der Waals surface area contributed by atoms with Gasteiger partial charge in [0.2, 0.25) is 0 Å². The predicted molar refractivity (Wildman–Crippen MR) is 81.5 cm³/mol. The zero-order chi connectivity index (χ0) is 14.2. The molecule has 1 aromatic rings. The van der Waals surface area contributed by atoms with Crippen LogP contribution in [-0.4, -0.2) is 13.1 Å². The molecule has 0 amide bonds. The van der Waals surface area contributed by atoms with Crippen molar-refractivity contribution in [2.24, 2.45) is 17.3 Å². The molecule has 2 fully saturated rings. The second kappa shape index (κ2) is 5.65. The Morgan fingerprint density at radius 3 is 2.80 bits per heavy atom. The average Bonchev–Trinajstić information content (AvgIpc) is 3.04. The predicted octanol–water partition coefficient (Wildman–Crippen LogP) is 4.44. The van der Waals surface area contributed by atoms with E-state index in [-0.39, 0.29) is 5.82 Å². The first-order valence-electron chi connectivity index (χ1n) is 7.77. The van der Waals surface area contributed by atoms with Crippen LogP contribution < -0.4 is 5.32 Å². The van der Waals surface area contributed by atoms with Crippen LogP contribution in [0.3, 0.4) is 0 Å². The summed E-state index contributed by atoms with van der Waals surface area (Å²) in [4.78, 5) is 0. The lowest BCUT2D eigenvalue weighted by Gasteiger charge is -2.32. The van der Waals surface area contributed by atoms with E-state index in [1.165, 1.54) is 25.3 Å². The Morgan fingerprint density at radius 1 is 1.35 bits per heavy atom. The van der Waals surface area contributed by atoms with Crippen molar-refractivity contribution in [2.45, 2.75) is 39.0 Å². The van der Waals surface area contributed by atoms with E-state index in [9.17, 15) is 4.39 Å². The largest absolute Gasteiger partial charge is 0.316 e. The maximum atomic E-state index is 13.6. The van der Waals surface area contributed by atoms with Crippen molar-refractivity contribution in [3.63, 3.8) is 0 Å². The second-order valence-electron chi connectivity index (χ2n) is 6.73. The molecule has 2 saturated carbocycles. The summed E-state index contributed by atoms with van der Waals surface area (Å²) in [6.07, 6.45) is 6.03. The van der Waals surface area contributed by atoms with Gasteiger partial charge >= 0.3 is 0 Å². The smallest absolute Gasteiger partial charge is 0.142 e. The Bertz CT molecular complexity index is 478. The molecular formula is C17H23ClFN. The molecular weight excluding hydrogens is 273 g/mol. The summed E-state index contributed by atoms with van der Waals surface area (Å²) in [5.41, 5.74) is 1.27. The molecule has 1 N–H and O–H groups in total. The zero-order valence-corrected chi connectivity index (χ0v) is 12.8.